The Bertz CT molecular complexity index is 246. The van der Waals surface area contributed by atoms with Gasteiger partial charge < -0.3 is 19.0 Å². The fraction of sp³-hybridized carbons (Fsp3) is 0.667. The van der Waals surface area contributed by atoms with Gasteiger partial charge in [0.25, 0.3) is 0 Å². The van der Waals surface area contributed by atoms with Crippen molar-refractivity contribution in [3.63, 3.8) is 0 Å². The minimum atomic E-state index is -0.0705. The molecule has 1 aliphatic heterocycles. The molecule has 0 amide bonds. The Morgan fingerprint density at radius 1 is 1.62 bits per heavy atom. The van der Waals surface area contributed by atoms with Crippen LogP contribution < -0.4 is 0 Å². The molecule has 2 aliphatic rings. The van der Waals surface area contributed by atoms with Gasteiger partial charge in [0.1, 0.15) is 18.1 Å². The van der Waals surface area contributed by atoms with Gasteiger partial charge in [0.2, 0.25) is 0 Å². The molecule has 0 aromatic rings. The van der Waals surface area contributed by atoms with Crippen LogP contribution in [0.5, 0.6) is 0 Å². The molecule has 0 aromatic carbocycles. The van der Waals surface area contributed by atoms with Gasteiger partial charge in [-0.15, -0.1) is 0 Å². The molecule has 13 heavy (non-hydrogen) atoms. The van der Waals surface area contributed by atoms with Crippen molar-refractivity contribution in [2.24, 2.45) is 5.92 Å². The van der Waals surface area contributed by atoms with Crippen molar-refractivity contribution in [3.8, 4) is 0 Å². The first-order valence-corrected chi connectivity index (χ1v) is 4.32. The van der Waals surface area contributed by atoms with E-state index in [0.717, 1.165) is 17.8 Å². The zero-order valence-electron chi connectivity index (χ0n) is 7.49. The quantitative estimate of drug-likeness (QED) is 0.596. The Morgan fingerprint density at radius 2 is 2.46 bits per heavy atom. The lowest BCUT2D eigenvalue weighted by Crippen LogP contribution is -2.23. The highest BCUT2D eigenvalue weighted by Crippen LogP contribution is 2.34. The van der Waals surface area contributed by atoms with E-state index in [0.29, 0.717) is 12.8 Å². The third kappa shape index (κ3) is 1.42. The number of ether oxygens (including phenoxy) is 3. The van der Waals surface area contributed by atoms with Crippen molar-refractivity contribution in [3.05, 3.63) is 11.5 Å². The van der Waals surface area contributed by atoms with E-state index in [1.807, 2.05) is 0 Å². The highest BCUT2D eigenvalue weighted by molar-refractivity contribution is 5.55. The molecule has 0 spiro atoms. The van der Waals surface area contributed by atoms with Gasteiger partial charge in [-0.25, -0.2) is 0 Å². The lowest BCUT2D eigenvalue weighted by Gasteiger charge is -2.23. The molecule has 4 heteroatoms. The van der Waals surface area contributed by atoms with Gasteiger partial charge in [-0.05, 0) is 6.42 Å². The molecule has 1 saturated heterocycles. The number of methoxy groups -OCH3 is 1. The maximum atomic E-state index is 10.6. The van der Waals surface area contributed by atoms with Crippen molar-refractivity contribution >= 4 is 6.29 Å². The number of hydrogen-bond acceptors (Lipinski definition) is 4. The van der Waals surface area contributed by atoms with Crippen molar-refractivity contribution in [2.45, 2.75) is 18.9 Å². The van der Waals surface area contributed by atoms with Gasteiger partial charge >= 0.3 is 0 Å². The minimum absolute atomic E-state index is 0.00500. The van der Waals surface area contributed by atoms with E-state index >= 15 is 0 Å². The molecule has 72 valence electrons. The number of allylic oxidation sites excluding steroid dienone is 1. The molecule has 2 unspecified atom stereocenters. The van der Waals surface area contributed by atoms with Crippen LogP contribution in [0, 0.1) is 5.92 Å². The average molecular weight is 184 g/mol. The maximum absolute atomic E-state index is 10.6. The summed E-state index contributed by atoms with van der Waals surface area (Å²) in [5, 5.41) is 0. The Balaban J connectivity index is 2.22. The summed E-state index contributed by atoms with van der Waals surface area (Å²) in [5.41, 5.74) is 0. The van der Waals surface area contributed by atoms with Crippen LogP contribution in [0.2, 0.25) is 0 Å². The summed E-state index contributed by atoms with van der Waals surface area (Å²) in [6, 6.07) is 0. The first-order valence-electron chi connectivity index (χ1n) is 4.32. The van der Waals surface area contributed by atoms with Crippen LogP contribution in [-0.2, 0) is 19.0 Å². The summed E-state index contributed by atoms with van der Waals surface area (Å²) in [6.07, 6.45) is 2.23. The molecular weight excluding hydrogens is 172 g/mol. The Hall–Kier alpha value is -1.03. The van der Waals surface area contributed by atoms with E-state index in [2.05, 4.69) is 0 Å². The van der Waals surface area contributed by atoms with Crippen molar-refractivity contribution in [2.75, 3.05) is 13.9 Å². The van der Waals surface area contributed by atoms with E-state index in [4.69, 9.17) is 14.2 Å². The summed E-state index contributed by atoms with van der Waals surface area (Å²) < 4.78 is 15.7. The van der Waals surface area contributed by atoms with Gasteiger partial charge in [-0.3, -0.25) is 0 Å². The molecule has 4 nitrogen and oxygen atoms in total. The molecule has 1 fully saturated rings. The summed E-state index contributed by atoms with van der Waals surface area (Å²) in [5.74, 6) is 1.54. The van der Waals surface area contributed by atoms with Gasteiger partial charge in [0.15, 0.2) is 12.6 Å². The normalized spacial score (nSPS) is 32.4. The van der Waals surface area contributed by atoms with Crippen LogP contribution in [0.3, 0.4) is 0 Å². The molecule has 0 bridgehead atoms. The third-order valence-corrected chi connectivity index (χ3v) is 2.45. The minimum Gasteiger partial charge on any atom is -0.497 e. The fourth-order valence-corrected chi connectivity index (χ4v) is 1.77. The van der Waals surface area contributed by atoms with Crippen LogP contribution in [0.15, 0.2) is 11.5 Å². The van der Waals surface area contributed by atoms with E-state index in [-0.39, 0.29) is 18.8 Å². The van der Waals surface area contributed by atoms with Crippen LogP contribution >= 0.6 is 0 Å². The first-order chi connectivity index (χ1) is 6.35. The SMILES string of the molecule is COC1=C2OCOC2CC(C=O)C1. The Labute approximate surface area is 76.5 Å². The van der Waals surface area contributed by atoms with Gasteiger partial charge in [-0.1, -0.05) is 0 Å². The van der Waals surface area contributed by atoms with Crippen LogP contribution in [0.25, 0.3) is 0 Å². The van der Waals surface area contributed by atoms with Crippen LogP contribution in [0.1, 0.15) is 12.8 Å². The number of fused-ring (bicyclic) bond motifs is 1. The monoisotopic (exact) mass is 184 g/mol. The predicted octanol–water partition coefficient (Wildman–Crippen LogP) is 0.826. The van der Waals surface area contributed by atoms with Crippen LogP contribution in [0.4, 0.5) is 0 Å². The van der Waals surface area contributed by atoms with E-state index < -0.39 is 0 Å². The number of carbonyl (C=O) groups excluding carboxylic acids is 1. The van der Waals surface area contributed by atoms with E-state index in [9.17, 15) is 4.79 Å². The topological polar surface area (TPSA) is 44.8 Å². The number of hydrogen-bond donors (Lipinski definition) is 0. The molecule has 1 heterocycles. The molecule has 0 N–H and O–H groups in total. The summed E-state index contributed by atoms with van der Waals surface area (Å²) in [7, 11) is 1.59. The number of aldehydes is 1. The summed E-state index contributed by atoms with van der Waals surface area (Å²) in [4.78, 5) is 10.6. The average Bonchev–Trinajstić information content (AvgIpc) is 2.63. The summed E-state index contributed by atoms with van der Waals surface area (Å²) in [6.45, 7) is 0.276. The van der Waals surface area contributed by atoms with Crippen molar-refractivity contribution in [1.82, 2.24) is 0 Å². The summed E-state index contributed by atoms with van der Waals surface area (Å²) >= 11 is 0. The highest BCUT2D eigenvalue weighted by Gasteiger charge is 2.35. The molecule has 2 rings (SSSR count). The van der Waals surface area contributed by atoms with Gasteiger partial charge in [0.05, 0.1) is 7.11 Å². The third-order valence-electron chi connectivity index (χ3n) is 2.45. The van der Waals surface area contributed by atoms with Crippen molar-refractivity contribution in [1.29, 1.82) is 0 Å². The van der Waals surface area contributed by atoms with Crippen LogP contribution in [-0.4, -0.2) is 26.3 Å². The smallest absolute Gasteiger partial charge is 0.189 e. The maximum Gasteiger partial charge on any atom is 0.189 e. The Kier molecular flexibility index (Phi) is 2.22. The standard InChI is InChI=1S/C9H12O4/c1-11-7-2-6(4-10)3-8-9(7)13-5-12-8/h4,6,8H,2-3,5H2,1H3. The number of carbonyl (C=O) groups is 1. The molecule has 0 radical (unpaired) electrons. The Morgan fingerprint density at radius 3 is 3.15 bits per heavy atom. The zero-order valence-corrected chi connectivity index (χ0v) is 7.49. The molecule has 0 saturated carbocycles. The highest BCUT2D eigenvalue weighted by atomic mass is 16.7. The van der Waals surface area contributed by atoms with Gasteiger partial charge in [-0.2, -0.15) is 0 Å². The molecule has 2 atom stereocenters. The molecule has 0 aromatic heterocycles. The second-order valence-electron chi connectivity index (χ2n) is 3.25. The predicted molar refractivity (Wildman–Crippen MR) is 43.6 cm³/mol. The van der Waals surface area contributed by atoms with E-state index in [1.165, 1.54) is 0 Å². The largest absolute Gasteiger partial charge is 0.497 e. The first kappa shape index (κ1) is 8.56. The molecule has 1 aliphatic carbocycles. The zero-order chi connectivity index (χ0) is 9.26. The van der Waals surface area contributed by atoms with Gasteiger partial charge in [0, 0.05) is 12.3 Å². The lowest BCUT2D eigenvalue weighted by atomic mass is 9.91. The number of rotatable bonds is 2. The second kappa shape index (κ2) is 3.38. The fourth-order valence-electron chi connectivity index (χ4n) is 1.77. The van der Waals surface area contributed by atoms with E-state index in [1.54, 1.807) is 7.11 Å². The molecular formula is C9H12O4. The lowest BCUT2D eigenvalue weighted by molar-refractivity contribution is -0.112. The van der Waals surface area contributed by atoms with Crippen molar-refractivity contribution < 1.29 is 19.0 Å². The second-order valence-corrected chi connectivity index (χ2v) is 3.25.